The first-order valence-electron chi connectivity index (χ1n) is 11.4. The van der Waals surface area contributed by atoms with Crippen LogP contribution in [0.5, 0.6) is 17.2 Å². The summed E-state index contributed by atoms with van der Waals surface area (Å²) in [7, 11) is 2.99. The topological polar surface area (TPSA) is 85.3 Å². The second-order valence-electron chi connectivity index (χ2n) is 8.13. The molecule has 0 radical (unpaired) electrons. The van der Waals surface area contributed by atoms with E-state index in [-0.39, 0.29) is 16.9 Å². The molecular weight excluding hydrogens is 482 g/mol. The monoisotopic (exact) mass is 507 g/mol. The van der Waals surface area contributed by atoms with E-state index in [0.29, 0.717) is 40.1 Å². The van der Waals surface area contributed by atoms with Crippen molar-refractivity contribution in [2.75, 3.05) is 25.7 Å². The van der Waals surface area contributed by atoms with E-state index in [9.17, 15) is 14.7 Å². The van der Waals surface area contributed by atoms with Crippen LogP contribution in [0.3, 0.4) is 0 Å². The van der Waals surface area contributed by atoms with Crippen LogP contribution in [-0.2, 0) is 9.59 Å². The van der Waals surface area contributed by atoms with E-state index in [4.69, 9.17) is 25.8 Å². The van der Waals surface area contributed by atoms with Crippen molar-refractivity contribution in [3.63, 3.8) is 0 Å². The van der Waals surface area contributed by atoms with Crippen LogP contribution in [0.2, 0.25) is 5.02 Å². The molecule has 1 unspecified atom stereocenters. The van der Waals surface area contributed by atoms with Crippen LogP contribution in [0, 0.1) is 0 Å². The fourth-order valence-electron chi connectivity index (χ4n) is 4.16. The second kappa shape index (κ2) is 10.7. The van der Waals surface area contributed by atoms with Crippen molar-refractivity contribution in [2.45, 2.75) is 19.4 Å². The molecule has 7 nitrogen and oxygen atoms in total. The number of ether oxygens (including phenoxy) is 3. The lowest BCUT2D eigenvalue weighted by atomic mass is 9.94. The number of anilines is 1. The van der Waals surface area contributed by atoms with Crippen LogP contribution in [0.25, 0.3) is 5.76 Å². The molecule has 1 saturated heterocycles. The Bertz CT molecular complexity index is 1320. The van der Waals surface area contributed by atoms with Gasteiger partial charge in [-0.05, 0) is 66.6 Å². The zero-order chi connectivity index (χ0) is 25.8. The van der Waals surface area contributed by atoms with Gasteiger partial charge in [0.05, 0.1) is 38.0 Å². The second-order valence-corrected chi connectivity index (χ2v) is 8.57. The Kier molecular flexibility index (Phi) is 7.50. The van der Waals surface area contributed by atoms with Gasteiger partial charge in [-0.1, -0.05) is 30.7 Å². The average molecular weight is 508 g/mol. The van der Waals surface area contributed by atoms with Gasteiger partial charge in [-0.3, -0.25) is 14.5 Å². The third-order valence-electron chi connectivity index (χ3n) is 5.86. The molecular formula is C28H26ClNO6. The molecule has 0 saturated carbocycles. The number of nitrogens with zero attached hydrogens (tertiary/aromatic N) is 1. The van der Waals surface area contributed by atoms with Gasteiger partial charge in [-0.25, -0.2) is 0 Å². The number of methoxy groups -OCH3 is 2. The van der Waals surface area contributed by atoms with Crippen LogP contribution in [0.15, 0.2) is 72.3 Å². The highest BCUT2D eigenvalue weighted by Crippen LogP contribution is 2.44. The van der Waals surface area contributed by atoms with Gasteiger partial charge >= 0.3 is 0 Å². The zero-order valence-electron chi connectivity index (χ0n) is 20.2. The normalized spacial score (nSPS) is 16.8. The average Bonchev–Trinajstić information content (AvgIpc) is 3.17. The van der Waals surface area contributed by atoms with E-state index in [2.05, 4.69) is 0 Å². The molecule has 1 N–H and O–H groups in total. The van der Waals surface area contributed by atoms with Crippen molar-refractivity contribution < 1.29 is 28.9 Å². The van der Waals surface area contributed by atoms with Gasteiger partial charge in [-0.15, -0.1) is 0 Å². The Labute approximate surface area is 214 Å². The largest absolute Gasteiger partial charge is 0.507 e. The first-order valence-corrected chi connectivity index (χ1v) is 11.8. The number of halogens is 1. The summed E-state index contributed by atoms with van der Waals surface area (Å²) in [4.78, 5) is 28.2. The van der Waals surface area contributed by atoms with Crippen LogP contribution in [0.4, 0.5) is 5.69 Å². The summed E-state index contributed by atoms with van der Waals surface area (Å²) in [5.41, 5.74) is 1.20. The minimum atomic E-state index is -0.924. The molecule has 3 aromatic rings. The summed E-state index contributed by atoms with van der Waals surface area (Å²) in [6.45, 7) is 2.52. The summed E-state index contributed by atoms with van der Waals surface area (Å²) in [5, 5.41) is 11.8. The van der Waals surface area contributed by atoms with Crippen LogP contribution in [0.1, 0.15) is 30.5 Å². The van der Waals surface area contributed by atoms with E-state index in [0.717, 1.165) is 6.42 Å². The number of rotatable bonds is 8. The fourth-order valence-corrected chi connectivity index (χ4v) is 4.33. The molecule has 0 aromatic heterocycles. The van der Waals surface area contributed by atoms with Crippen molar-refractivity contribution in [3.8, 4) is 17.2 Å². The third-order valence-corrected chi connectivity index (χ3v) is 6.09. The smallest absolute Gasteiger partial charge is 0.300 e. The van der Waals surface area contributed by atoms with Gasteiger partial charge in [0.25, 0.3) is 11.7 Å². The predicted molar refractivity (Wildman–Crippen MR) is 138 cm³/mol. The highest BCUT2D eigenvalue weighted by molar-refractivity contribution is 6.51. The van der Waals surface area contributed by atoms with Crippen molar-refractivity contribution in [2.24, 2.45) is 0 Å². The Hall–Kier alpha value is -3.97. The summed E-state index contributed by atoms with van der Waals surface area (Å²) in [6.07, 6.45) is 0.823. The van der Waals surface area contributed by atoms with Gasteiger partial charge < -0.3 is 19.3 Å². The Morgan fingerprint density at radius 3 is 2.39 bits per heavy atom. The van der Waals surface area contributed by atoms with Crippen molar-refractivity contribution >= 4 is 34.7 Å². The Morgan fingerprint density at radius 2 is 1.72 bits per heavy atom. The van der Waals surface area contributed by atoms with Crippen molar-refractivity contribution in [1.29, 1.82) is 0 Å². The lowest BCUT2D eigenvalue weighted by Gasteiger charge is -2.26. The number of Topliss-reactive ketones (excluding diaryl/α,β-unsaturated/α-hetero) is 1. The standard InChI is InChI=1S/C28H26ClNO6/c1-4-14-36-21-7-5-6-17(15-21)25-24(26(31)22-16-18(29)8-13-23(22)35-3)27(32)28(33)30(25)19-9-11-20(34-2)12-10-19/h5-13,15-16,25,31H,4,14H2,1-3H3/b26-24+. The highest BCUT2D eigenvalue weighted by atomic mass is 35.5. The molecule has 1 aliphatic rings. The summed E-state index contributed by atoms with van der Waals surface area (Å²) in [5.74, 6) is -0.469. The molecule has 1 amide bonds. The SMILES string of the molecule is CCCOc1cccc(C2/C(=C(\O)c3cc(Cl)ccc3OC)C(=O)C(=O)N2c2ccc(OC)cc2)c1. The van der Waals surface area contributed by atoms with Gasteiger partial charge in [0.2, 0.25) is 0 Å². The van der Waals surface area contributed by atoms with E-state index in [1.807, 2.05) is 6.92 Å². The van der Waals surface area contributed by atoms with E-state index < -0.39 is 17.7 Å². The molecule has 0 bridgehead atoms. The first-order chi connectivity index (χ1) is 17.4. The van der Waals surface area contributed by atoms with Gasteiger partial charge in [-0.2, -0.15) is 0 Å². The van der Waals surface area contributed by atoms with Crippen molar-refractivity contribution in [1.82, 2.24) is 0 Å². The van der Waals surface area contributed by atoms with Gasteiger partial charge in [0, 0.05) is 10.7 Å². The van der Waals surface area contributed by atoms with Gasteiger partial charge in [0.15, 0.2) is 0 Å². The fraction of sp³-hybridized carbons (Fsp3) is 0.214. The number of amides is 1. The molecule has 0 aliphatic carbocycles. The maximum atomic E-state index is 13.4. The molecule has 36 heavy (non-hydrogen) atoms. The molecule has 8 heteroatoms. The van der Waals surface area contributed by atoms with Crippen LogP contribution >= 0.6 is 11.6 Å². The predicted octanol–water partition coefficient (Wildman–Crippen LogP) is 5.77. The van der Waals surface area contributed by atoms with Crippen LogP contribution in [-0.4, -0.2) is 37.6 Å². The highest BCUT2D eigenvalue weighted by Gasteiger charge is 2.47. The molecule has 1 atom stereocenters. The minimum absolute atomic E-state index is 0.0796. The quantitative estimate of drug-likeness (QED) is 0.236. The number of carbonyl (C=O) groups is 2. The number of benzene rings is 3. The summed E-state index contributed by atoms with van der Waals surface area (Å²) in [6, 6.07) is 17.7. The van der Waals surface area contributed by atoms with E-state index in [1.54, 1.807) is 67.8 Å². The number of hydrogen-bond acceptors (Lipinski definition) is 6. The van der Waals surface area contributed by atoms with E-state index in [1.165, 1.54) is 18.1 Å². The maximum Gasteiger partial charge on any atom is 0.300 e. The number of ketones is 1. The first kappa shape index (κ1) is 25.1. The number of carbonyl (C=O) groups excluding carboxylic acids is 2. The van der Waals surface area contributed by atoms with E-state index >= 15 is 0 Å². The van der Waals surface area contributed by atoms with Crippen LogP contribution < -0.4 is 19.1 Å². The lowest BCUT2D eigenvalue weighted by Crippen LogP contribution is -2.29. The van der Waals surface area contributed by atoms with Gasteiger partial charge in [0.1, 0.15) is 23.0 Å². The zero-order valence-corrected chi connectivity index (χ0v) is 20.9. The van der Waals surface area contributed by atoms with Crippen molar-refractivity contribution in [3.05, 3.63) is 88.5 Å². The molecule has 1 fully saturated rings. The Balaban J connectivity index is 1.94. The number of hydrogen-bond donors (Lipinski definition) is 1. The summed E-state index contributed by atoms with van der Waals surface area (Å²) < 4.78 is 16.4. The molecule has 1 aliphatic heterocycles. The maximum absolute atomic E-state index is 13.4. The molecule has 4 rings (SSSR count). The number of aliphatic hydroxyl groups excluding tert-OH is 1. The molecule has 1 heterocycles. The summed E-state index contributed by atoms with van der Waals surface area (Å²) >= 11 is 6.19. The third kappa shape index (κ3) is 4.75. The lowest BCUT2D eigenvalue weighted by molar-refractivity contribution is -0.132. The molecule has 3 aromatic carbocycles. The Morgan fingerprint density at radius 1 is 0.972 bits per heavy atom. The minimum Gasteiger partial charge on any atom is -0.507 e. The number of aliphatic hydroxyl groups is 1. The molecule has 186 valence electrons. The molecule has 0 spiro atoms.